The van der Waals surface area contributed by atoms with Crippen LogP contribution in [-0.4, -0.2) is 18.4 Å². The summed E-state index contributed by atoms with van der Waals surface area (Å²) >= 11 is 5.36. The average Bonchev–Trinajstić information content (AvgIpc) is 2.42. The number of halogens is 5. The predicted molar refractivity (Wildman–Crippen MR) is 64.1 cm³/mol. The molecular weight excluding hydrogens is 338 g/mol. The molecule has 0 amide bonds. The molecule has 0 radical (unpaired) electrons. The van der Waals surface area contributed by atoms with Crippen molar-refractivity contribution in [1.82, 2.24) is 9.97 Å². The highest BCUT2D eigenvalue weighted by molar-refractivity contribution is 7.92. The molecule has 0 bridgehead atoms. The third-order valence-electron chi connectivity index (χ3n) is 2.26. The van der Waals surface area contributed by atoms with Crippen molar-refractivity contribution in [2.45, 2.75) is 4.90 Å². The predicted octanol–water partition coefficient (Wildman–Crippen LogP) is 2.49. The molecule has 0 spiro atoms. The van der Waals surface area contributed by atoms with E-state index >= 15 is 0 Å². The van der Waals surface area contributed by atoms with E-state index in [1.807, 2.05) is 0 Å². The van der Waals surface area contributed by atoms with E-state index < -0.39 is 43.9 Å². The van der Waals surface area contributed by atoms with Crippen LogP contribution in [0.25, 0.3) is 0 Å². The van der Waals surface area contributed by atoms with Gasteiger partial charge in [-0.2, -0.15) is 0 Å². The molecule has 2 aromatic rings. The number of nitrogens with zero attached hydrogens (tertiary/aromatic N) is 2. The summed E-state index contributed by atoms with van der Waals surface area (Å²) in [7, 11) is -4.56. The van der Waals surface area contributed by atoms with E-state index in [1.165, 1.54) is 4.72 Å². The third kappa shape index (κ3) is 3.05. The van der Waals surface area contributed by atoms with Gasteiger partial charge in [0.2, 0.25) is 5.28 Å². The fraction of sp³-hybridized carbons (Fsp3) is 0. The van der Waals surface area contributed by atoms with Crippen LogP contribution in [0.4, 0.5) is 23.2 Å². The molecule has 0 fully saturated rings. The van der Waals surface area contributed by atoms with Crippen LogP contribution in [0.5, 0.6) is 0 Å². The lowest BCUT2D eigenvalue weighted by molar-refractivity contribution is 0.459. The molecule has 1 aromatic carbocycles. The SMILES string of the molecule is O=S(=O)(Nc1c(F)c(F)cc(F)c1F)c1cnc(Cl)nc1. The van der Waals surface area contributed by atoms with Gasteiger partial charge in [0.05, 0.1) is 12.4 Å². The Morgan fingerprint density at radius 1 is 1.00 bits per heavy atom. The molecule has 11 heteroatoms. The van der Waals surface area contributed by atoms with Crippen molar-refractivity contribution in [1.29, 1.82) is 0 Å². The maximum absolute atomic E-state index is 13.4. The lowest BCUT2D eigenvalue weighted by Crippen LogP contribution is -2.17. The van der Waals surface area contributed by atoms with E-state index in [1.54, 1.807) is 0 Å². The van der Waals surface area contributed by atoms with Gasteiger partial charge in [-0.3, -0.25) is 4.72 Å². The molecule has 1 heterocycles. The van der Waals surface area contributed by atoms with E-state index in [4.69, 9.17) is 11.6 Å². The first-order chi connectivity index (χ1) is 9.72. The first-order valence-corrected chi connectivity index (χ1v) is 6.92. The fourth-order valence-electron chi connectivity index (χ4n) is 1.30. The van der Waals surface area contributed by atoms with Crippen LogP contribution in [-0.2, 0) is 10.0 Å². The van der Waals surface area contributed by atoms with Crippen molar-refractivity contribution >= 4 is 27.3 Å². The summed E-state index contributed by atoms with van der Waals surface area (Å²) in [6.45, 7) is 0. The smallest absolute Gasteiger partial charge is 0.265 e. The summed E-state index contributed by atoms with van der Waals surface area (Å²) in [5.41, 5.74) is -1.48. The van der Waals surface area contributed by atoms with Gasteiger partial charge >= 0.3 is 0 Å². The van der Waals surface area contributed by atoms with Crippen LogP contribution >= 0.6 is 11.6 Å². The lowest BCUT2D eigenvalue weighted by Gasteiger charge is -2.10. The van der Waals surface area contributed by atoms with Crippen molar-refractivity contribution in [2.75, 3.05) is 4.72 Å². The molecule has 0 aliphatic rings. The first-order valence-electron chi connectivity index (χ1n) is 5.05. The second-order valence-corrected chi connectivity index (χ2v) is 5.66. The van der Waals surface area contributed by atoms with Crippen molar-refractivity contribution < 1.29 is 26.0 Å². The summed E-state index contributed by atoms with van der Waals surface area (Å²) in [6, 6.07) is -0.0478. The Labute approximate surface area is 120 Å². The van der Waals surface area contributed by atoms with Gasteiger partial charge in [-0.05, 0) is 11.6 Å². The van der Waals surface area contributed by atoms with Crippen molar-refractivity contribution in [3.8, 4) is 0 Å². The number of anilines is 1. The number of benzene rings is 1. The average molecular weight is 342 g/mol. The van der Waals surface area contributed by atoms with E-state index in [-0.39, 0.29) is 11.3 Å². The van der Waals surface area contributed by atoms with Crippen molar-refractivity contribution in [2.24, 2.45) is 0 Å². The molecule has 1 aromatic heterocycles. The Morgan fingerprint density at radius 3 is 1.95 bits per heavy atom. The molecule has 21 heavy (non-hydrogen) atoms. The second kappa shape index (κ2) is 5.45. The largest absolute Gasteiger partial charge is 0.274 e. The van der Waals surface area contributed by atoms with Crippen LogP contribution < -0.4 is 4.72 Å². The minimum Gasteiger partial charge on any atom is -0.274 e. The van der Waals surface area contributed by atoms with Gasteiger partial charge in [0.25, 0.3) is 10.0 Å². The van der Waals surface area contributed by atoms with Gasteiger partial charge in [0.15, 0.2) is 23.3 Å². The first kappa shape index (κ1) is 15.4. The van der Waals surface area contributed by atoms with Crippen LogP contribution in [0.15, 0.2) is 23.4 Å². The molecule has 0 atom stereocenters. The van der Waals surface area contributed by atoms with Gasteiger partial charge in [-0.1, -0.05) is 0 Å². The minimum absolute atomic E-state index is 0.0478. The normalized spacial score (nSPS) is 11.5. The summed E-state index contributed by atoms with van der Waals surface area (Å²) < 4.78 is 77.8. The molecule has 112 valence electrons. The van der Waals surface area contributed by atoms with E-state index in [2.05, 4.69) is 9.97 Å². The van der Waals surface area contributed by atoms with Gasteiger partial charge in [-0.25, -0.2) is 35.9 Å². The molecular formula is C10H4ClF4N3O2S. The fourth-order valence-corrected chi connectivity index (χ4v) is 2.34. The van der Waals surface area contributed by atoms with Crippen LogP contribution in [0.3, 0.4) is 0 Å². The number of hydrogen-bond donors (Lipinski definition) is 1. The van der Waals surface area contributed by atoms with Crippen LogP contribution in [0.2, 0.25) is 5.28 Å². The molecule has 0 aliphatic carbocycles. The maximum Gasteiger partial charge on any atom is 0.265 e. The van der Waals surface area contributed by atoms with Crippen molar-refractivity contribution in [3.63, 3.8) is 0 Å². The molecule has 5 nitrogen and oxygen atoms in total. The highest BCUT2D eigenvalue weighted by atomic mass is 35.5. The van der Waals surface area contributed by atoms with E-state index in [0.29, 0.717) is 0 Å². The zero-order valence-electron chi connectivity index (χ0n) is 9.74. The van der Waals surface area contributed by atoms with Gasteiger partial charge in [0.1, 0.15) is 10.6 Å². The summed E-state index contributed by atoms with van der Waals surface area (Å²) in [6.07, 6.45) is 1.51. The van der Waals surface area contributed by atoms with E-state index in [0.717, 1.165) is 12.4 Å². The summed E-state index contributed by atoms with van der Waals surface area (Å²) in [5.74, 6) is -7.27. The van der Waals surface area contributed by atoms with Gasteiger partial charge < -0.3 is 0 Å². The minimum atomic E-state index is -4.56. The van der Waals surface area contributed by atoms with Crippen molar-refractivity contribution in [3.05, 3.63) is 47.0 Å². The summed E-state index contributed by atoms with van der Waals surface area (Å²) in [5, 5.41) is -0.261. The standard InChI is InChI=1S/C10H4ClF4N3O2S/c11-10-16-2-4(3-17-10)21(19,20)18-9-7(14)5(12)1-6(13)8(9)15/h1-3,18H. The number of hydrogen-bond acceptors (Lipinski definition) is 4. The molecule has 0 saturated heterocycles. The molecule has 0 unspecified atom stereocenters. The molecule has 0 aliphatic heterocycles. The Hall–Kier alpha value is -1.94. The molecule has 2 rings (SSSR count). The van der Waals surface area contributed by atoms with Gasteiger partial charge in [0, 0.05) is 6.07 Å². The number of nitrogens with one attached hydrogen (secondary N) is 1. The quantitative estimate of drug-likeness (QED) is 0.529. The van der Waals surface area contributed by atoms with E-state index in [9.17, 15) is 26.0 Å². The monoisotopic (exact) mass is 341 g/mol. The number of sulfonamides is 1. The Kier molecular flexibility index (Phi) is 4.01. The second-order valence-electron chi connectivity index (χ2n) is 3.64. The maximum atomic E-state index is 13.4. The zero-order chi connectivity index (χ0) is 15.8. The number of aromatic nitrogens is 2. The highest BCUT2D eigenvalue weighted by Crippen LogP contribution is 2.26. The Balaban J connectivity index is 2.49. The van der Waals surface area contributed by atoms with Crippen LogP contribution in [0, 0.1) is 23.3 Å². The lowest BCUT2D eigenvalue weighted by atomic mass is 10.3. The third-order valence-corrected chi connectivity index (χ3v) is 3.75. The number of rotatable bonds is 3. The topological polar surface area (TPSA) is 72.0 Å². The molecule has 0 saturated carbocycles. The molecule has 1 N–H and O–H groups in total. The Bertz CT molecular complexity index is 773. The van der Waals surface area contributed by atoms with Crippen LogP contribution in [0.1, 0.15) is 0 Å². The highest BCUT2D eigenvalue weighted by Gasteiger charge is 2.24. The zero-order valence-corrected chi connectivity index (χ0v) is 11.3. The summed E-state index contributed by atoms with van der Waals surface area (Å²) in [4.78, 5) is 6.13. The Morgan fingerprint density at radius 2 is 1.48 bits per heavy atom. The van der Waals surface area contributed by atoms with Gasteiger partial charge in [-0.15, -0.1) is 0 Å².